The van der Waals surface area contributed by atoms with Gasteiger partial charge in [-0.3, -0.25) is 4.79 Å². The van der Waals surface area contributed by atoms with E-state index in [0.717, 1.165) is 37.7 Å². The summed E-state index contributed by atoms with van der Waals surface area (Å²) < 4.78 is 38.7. The Bertz CT molecular complexity index is 1080. The zero-order chi connectivity index (χ0) is 22.7. The quantitative estimate of drug-likeness (QED) is 0.650. The molecule has 0 aliphatic carbocycles. The number of benzene rings is 1. The first kappa shape index (κ1) is 22.4. The Morgan fingerprint density at radius 2 is 1.97 bits per heavy atom. The Balaban J connectivity index is 1.51. The number of sulfonamides is 1. The summed E-state index contributed by atoms with van der Waals surface area (Å²) in [5.74, 6) is 1.44. The summed E-state index contributed by atoms with van der Waals surface area (Å²) in [6.07, 6.45) is 9.79. The van der Waals surface area contributed by atoms with E-state index in [9.17, 15) is 13.2 Å². The molecule has 172 valence electrons. The van der Waals surface area contributed by atoms with Crippen LogP contribution < -0.4 is 9.47 Å². The maximum Gasteiger partial charge on any atom is 0.257 e. The zero-order valence-electron chi connectivity index (χ0n) is 18.5. The van der Waals surface area contributed by atoms with Crippen LogP contribution in [0, 0.1) is 0 Å². The maximum atomic E-state index is 13.5. The number of nitrogens with zero attached hydrogens (tertiary/aromatic N) is 3. The van der Waals surface area contributed by atoms with Gasteiger partial charge in [-0.05, 0) is 62.0 Å². The van der Waals surface area contributed by atoms with Gasteiger partial charge in [0.25, 0.3) is 15.9 Å². The van der Waals surface area contributed by atoms with Crippen LogP contribution in [0.1, 0.15) is 31.2 Å². The van der Waals surface area contributed by atoms with Crippen molar-refractivity contribution >= 4 is 21.8 Å². The molecule has 1 saturated heterocycles. The molecule has 1 unspecified atom stereocenters. The van der Waals surface area contributed by atoms with E-state index in [0.29, 0.717) is 30.2 Å². The van der Waals surface area contributed by atoms with Crippen molar-refractivity contribution in [3.63, 3.8) is 0 Å². The lowest BCUT2D eigenvalue weighted by atomic mass is 9.94. The Labute approximate surface area is 189 Å². The second-order valence-corrected chi connectivity index (χ2v) is 9.95. The number of piperidine rings is 1. The van der Waals surface area contributed by atoms with Gasteiger partial charge in [0.15, 0.2) is 17.3 Å². The number of aryl methyl sites for hydroxylation is 1. The van der Waals surface area contributed by atoms with Crippen LogP contribution in [-0.2, 0) is 21.2 Å². The predicted molar refractivity (Wildman–Crippen MR) is 122 cm³/mol. The van der Waals surface area contributed by atoms with Gasteiger partial charge >= 0.3 is 0 Å². The summed E-state index contributed by atoms with van der Waals surface area (Å²) in [4.78, 5) is 17.2. The molecular weight excluding hydrogens is 430 g/mol. The van der Waals surface area contributed by atoms with Gasteiger partial charge in [-0.15, -0.1) is 4.40 Å². The average Bonchev–Trinajstić information content (AvgIpc) is 2.81. The van der Waals surface area contributed by atoms with E-state index in [1.807, 2.05) is 23.1 Å². The molecule has 3 aliphatic heterocycles. The van der Waals surface area contributed by atoms with E-state index in [2.05, 4.69) is 4.40 Å². The molecule has 0 spiro atoms. The highest BCUT2D eigenvalue weighted by molar-refractivity contribution is 7.90. The van der Waals surface area contributed by atoms with Gasteiger partial charge in [0.1, 0.15) is 0 Å². The van der Waals surface area contributed by atoms with Gasteiger partial charge in [0, 0.05) is 25.3 Å². The van der Waals surface area contributed by atoms with Crippen molar-refractivity contribution < 1.29 is 22.7 Å². The molecular formula is C23H29N3O5S. The molecule has 32 heavy (non-hydrogen) atoms. The lowest BCUT2D eigenvalue weighted by Crippen LogP contribution is -2.48. The predicted octanol–water partition coefficient (Wildman–Crippen LogP) is 2.52. The van der Waals surface area contributed by atoms with Crippen LogP contribution in [0.3, 0.4) is 0 Å². The SMILES string of the molecule is COc1ccc(CCC2CCCCN2C(=O)C2=CC=CN3CCS(=O)(=O)N=C23)cc1OC. The molecule has 1 fully saturated rings. The number of amides is 1. The number of likely N-dealkylation sites (tertiary alicyclic amines) is 1. The molecule has 9 heteroatoms. The minimum atomic E-state index is -3.54. The van der Waals surface area contributed by atoms with Gasteiger partial charge in [-0.25, -0.2) is 8.42 Å². The minimum absolute atomic E-state index is 0.0417. The third-order valence-electron chi connectivity index (χ3n) is 6.19. The van der Waals surface area contributed by atoms with Gasteiger partial charge in [-0.1, -0.05) is 6.07 Å². The number of amidine groups is 1. The van der Waals surface area contributed by atoms with Crippen LogP contribution in [0.15, 0.2) is 46.5 Å². The number of hydrogen-bond acceptors (Lipinski definition) is 6. The molecule has 0 aromatic heterocycles. The number of allylic oxidation sites excluding steroid dienone is 2. The summed E-state index contributed by atoms with van der Waals surface area (Å²) in [5.41, 5.74) is 1.48. The molecule has 0 N–H and O–H groups in total. The van der Waals surface area contributed by atoms with Gasteiger partial charge in [-0.2, -0.15) is 0 Å². The van der Waals surface area contributed by atoms with Crippen LogP contribution in [0.2, 0.25) is 0 Å². The third-order valence-corrected chi connectivity index (χ3v) is 7.34. The van der Waals surface area contributed by atoms with Crippen LogP contribution in [0.25, 0.3) is 0 Å². The molecule has 3 aliphatic rings. The molecule has 1 atom stereocenters. The molecule has 0 radical (unpaired) electrons. The first-order chi connectivity index (χ1) is 15.4. The van der Waals surface area contributed by atoms with Crippen LogP contribution in [-0.4, -0.2) is 69.1 Å². The molecule has 1 aromatic rings. The van der Waals surface area contributed by atoms with E-state index in [1.165, 1.54) is 0 Å². The highest BCUT2D eigenvalue weighted by atomic mass is 32.2. The molecule has 1 amide bonds. The smallest absolute Gasteiger partial charge is 0.257 e. The van der Waals surface area contributed by atoms with Gasteiger partial charge in [0.05, 0.1) is 25.5 Å². The van der Waals surface area contributed by atoms with E-state index in [-0.39, 0.29) is 23.5 Å². The van der Waals surface area contributed by atoms with Gasteiger partial charge in [0.2, 0.25) is 0 Å². The number of ether oxygens (including phenoxy) is 2. The maximum absolute atomic E-state index is 13.5. The topological polar surface area (TPSA) is 88.5 Å². The number of hydrogen-bond donors (Lipinski definition) is 0. The average molecular weight is 460 g/mol. The molecule has 0 bridgehead atoms. The van der Waals surface area contributed by atoms with E-state index in [1.54, 1.807) is 37.5 Å². The third kappa shape index (κ3) is 4.67. The Morgan fingerprint density at radius 1 is 1.16 bits per heavy atom. The van der Waals surface area contributed by atoms with Gasteiger partial charge < -0.3 is 19.3 Å². The molecule has 8 nitrogen and oxygen atoms in total. The second kappa shape index (κ2) is 9.36. The summed E-state index contributed by atoms with van der Waals surface area (Å²) >= 11 is 0. The van der Waals surface area contributed by atoms with Crippen molar-refractivity contribution in [3.05, 3.63) is 47.7 Å². The lowest BCUT2D eigenvalue weighted by molar-refractivity contribution is -0.130. The van der Waals surface area contributed by atoms with E-state index >= 15 is 0 Å². The summed E-state index contributed by atoms with van der Waals surface area (Å²) in [5, 5.41) is 0. The standard InChI is InChI=1S/C23H29N3O5S/c1-30-20-11-9-17(16-21(20)31-2)8-10-18-6-3-4-13-26(18)23(27)19-7-5-12-25-14-15-32(28,29)24-22(19)25/h5,7,9,11-12,16,18H,3-4,6,8,10,13-15H2,1-2H3. The highest BCUT2D eigenvalue weighted by Gasteiger charge is 2.35. The van der Waals surface area contributed by atoms with Crippen molar-refractivity contribution in [1.29, 1.82) is 0 Å². The summed E-state index contributed by atoms with van der Waals surface area (Å²) in [6.45, 7) is 0.974. The number of methoxy groups -OCH3 is 2. The summed E-state index contributed by atoms with van der Waals surface area (Å²) in [7, 11) is -0.313. The van der Waals surface area contributed by atoms with Crippen LogP contribution in [0.4, 0.5) is 0 Å². The first-order valence-corrected chi connectivity index (χ1v) is 12.5. The van der Waals surface area contributed by atoms with Crippen molar-refractivity contribution in [3.8, 4) is 11.5 Å². The van der Waals surface area contributed by atoms with E-state index in [4.69, 9.17) is 9.47 Å². The monoisotopic (exact) mass is 459 g/mol. The lowest BCUT2D eigenvalue weighted by Gasteiger charge is -2.38. The Hall–Kier alpha value is -2.81. The Kier molecular flexibility index (Phi) is 6.55. The largest absolute Gasteiger partial charge is 0.493 e. The number of carbonyl (C=O) groups excluding carboxylic acids is 1. The molecule has 4 rings (SSSR count). The van der Waals surface area contributed by atoms with Crippen molar-refractivity contribution in [2.24, 2.45) is 4.40 Å². The second-order valence-electron chi connectivity index (χ2n) is 8.19. The van der Waals surface area contributed by atoms with Crippen molar-refractivity contribution in [1.82, 2.24) is 9.80 Å². The number of rotatable bonds is 6. The molecule has 1 aromatic carbocycles. The minimum Gasteiger partial charge on any atom is -0.493 e. The Morgan fingerprint density at radius 3 is 2.75 bits per heavy atom. The number of carbonyl (C=O) groups is 1. The van der Waals surface area contributed by atoms with Crippen LogP contribution >= 0.6 is 0 Å². The van der Waals surface area contributed by atoms with Crippen LogP contribution in [0.5, 0.6) is 11.5 Å². The highest BCUT2D eigenvalue weighted by Crippen LogP contribution is 2.30. The fourth-order valence-corrected chi connectivity index (χ4v) is 5.46. The fourth-order valence-electron chi connectivity index (χ4n) is 4.48. The molecule has 3 heterocycles. The van der Waals surface area contributed by atoms with Crippen molar-refractivity contribution in [2.45, 2.75) is 38.1 Å². The normalized spacial score (nSPS) is 22.0. The fraction of sp³-hybridized carbons (Fsp3) is 0.478. The molecule has 0 saturated carbocycles. The summed E-state index contributed by atoms with van der Waals surface area (Å²) in [6, 6.07) is 5.98. The van der Waals surface area contributed by atoms with Crippen molar-refractivity contribution in [2.75, 3.05) is 33.1 Å². The van der Waals surface area contributed by atoms with E-state index < -0.39 is 10.0 Å². The first-order valence-electron chi connectivity index (χ1n) is 10.9. The zero-order valence-corrected chi connectivity index (χ0v) is 19.3. The number of fused-ring (bicyclic) bond motifs is 1.